The molecular formula is C9H12N2OS. The van der Waals surface area contributed by atoms with Crippen LogP contribution in [0.5, 0.6) is 0 Å². The first kappa shape index (κ1) is 10.1. The SMILES string of the molecule is CSCC(=O)N(C)c1ccccn1. The molecule has 0 atom stereocenters. The van der Waals surface area contributed by atoms with E-state index in [1.54, 1.807) is 18.1 Å². The number of hydrogen-bond donors (Lipinski definition) is 0. The van der Waals surface area contributed by atoms with Gasteiger partial charge in [0.1, 0.15) is 5.82 Å². The van der Waals surface area contributed by atoms with Gasteiger partial charge in [-0.2, -0.15) is 11.8 Å². The average molecular weight is 196 g/mol. The predicted octanol–water partition coefficient (Wildman–Crippen LogP) is 1.41. The van der Waals surface area contributed by atoms with Gasteiger partial charge >= 0.3 is 0 Å². The summed E-state index contributed by atoms with van der Waals surface area (Å²) in [5, 5.41) is 0. The van der Waals surface area contributed by atoms with Crippen LogP contribution in [0.2, 0.25) is 0 Å². The second-order valence-corrected chi connectivity index (χ2v) is 3.44. The van der Waals surface area contributed by atoms with Crippen LogP contribution in [0.25, 0.3) is 0 Å². The minimum absolute atomic E-state index is 0.0752. The Morgan fingerprint density at radius 3 is 2.92 bits per heavy atom. The van der Waals surface area contributed by atoms with Gasteiger partial charge in [0.15, 0.2) is 0 Å². The van der Waals surface area contributed by atoms with E-state index in [2.05, 4.69) is 4.98 Å². The quantitative estimate of drug-likeness (QED) is 0.732. The molecular weight excluding hydrogens is 184 g/mol. The maximum absolute atomic E-state index is 11.4. The van der Waals surface area contributed by atoms with Gasteiger partial charge in [-0.05, 0) is 18.4 Å². The lowest BCUT2D eigenvalue weighted by Gasteiger charge is -2.14. The molecule has 0 N–H and O–H groups in total. The molecule has 1 heterocycles. The van der Waals surface area contributed by atoms with Crippen LogP contribution in [0, 0.1) is 0 Å². The highest BCUT2D eigenvalue weighted by Gasteiger charge is 2.09. The lowest BCUT2D eigenvalue weighted by molar-refractivity contribution is -0.115. The molecule has 0 fully saturated rings. The molecule has 0 spiro atoms. The van der Waals surface area contributed by atoms with Gasteiger partial charge in [-0.15, -0.1) is 0 Å². The summed E-state index contributed by atoms with van der Waals surface area (Å²) < 4.78 is 0. The molecule has 0 aliphatic heterocycles. The largest absolute Gasteiger partial charge is 0.299 e. The zero-order valence-electron chi connectivity index (χ0n) is 7.73. The number of anilines is 1. The molecule has 0 radical (unpaired) electrons. The van der Waals surface area contributed by atoms with Crippen molar-refractivity contribution in [3.05, 3.63) is 24.4 Å². The average Bonchev–Trinajstić information content (AvgIpc) is 2.18. The fourth-order valence-corrected chi connectivity index (χ4v) is 1.34. The van der Waals surface area contributed by atoms with E-state index in [0.717, 1.165) is 0 Å². The van der Waals surface area contributed by atoms with Gasteiger partial charge < -0.3 is 0 Å². The minimum Gasteiger partial charge on any atom is -0.299 e. The highest BCUT2D eigenvalue weighted by molar-refractivity contribution is 7.99. The van der Waals surface area contributed by atoms with E-state index < -0.39 is 0 Å². The Balaban J connectivity index is 2.68. The Kier molecular flexibility index (Phi) is 3.76. The van der Waals surface area contributed by atoms with Crippen molar-refractivity contribution >= 4 is 23.5 Å². The molecule has 70 valence electrons. The first-order valence-electron chi connectivity index (χ1n) is 3.92. The summed E-state index contributed by atoms with van der Waals surface area (Å²) in [6.07, 6.45) is 3.59. The summed E-state index contributed by atoms with van der Waals surface area (Å²) >= 11 is 1.51. The Bertz CT molecular complexity index is 276. The molecule has 0 saturated carbocycles. The van der Waals surface area contributed by atoms with Crippen LogP contribution in [-0.4, -0.2) is 29.9 Å². The molecule has 1 amide bonds. The number of thioether (sulfide) groups is 1. The highest BCUT2D eigenvalue weighted by Crippen LogP contribution is 2.08. The minimum atomic E-state index is 0.0752. The van der Waals surface area contributed by atoms with E-state index >= 15 is 0 Å². The van der Waals surface area contributed by atoms with E-state index in [1.165, 1.54) is 11.8 Å². The van der Waals surface area contributed by atoms with Crippen molar-refractivity contribution in [1.29, 1.82) is 0 Å². The van der Waals surface area contributed by atoms with Gasteiger partial charge in [0.2, 0.25) is 5.91 Å². The second kappa shape index (κ2) is 4.87. The van der Waals surface area contributed by atoms with Crippen LogP contribution in [-0.2, 0) is 4.79 Å². The third-order valence-corrected chi connectivity index (χ3v) is 2.17. The van der Waals surface area contributed by atoms with Crippen molar-refractivity contribution in [3.8, 4) is 0 Å². The normalized spacial score (nSPS) is 9.69. The number of carbonyl (C=O) groups excluding carboxylic acids is 1. The van der Waals surface area contributed by atoms with Gasteiger partial charge in [-0.1, -0.05) is 6.07 Å². The van der Waals surface area contributed by atoms with E-state index in [4.69, 9.17) is 0 Å². The van der Waals surface area contributed by atoms with Gasteiger partial charge in [0.05, 0.1) is 5.75 Å². The number of aromatic nitrogens is 1. The van der Waals surface area contributed by atoms with Crippen molar-refractivity contribution in [1.82, 2.24) is 4.98 Å². The van der Waals surface area contributed by atoms with E-state index in [9.17, 15) is 4.79 Å². The van der Waals surface area contributed by atoms with Crippen molar-refractivity contribution in [2.75, 3.05) is 24.0 Å². The van der Waals surface area contributed by atoms with Crippen molar-refractivity contribution < 1.29 is 4.79 Å². The van der Waals surface area contributed by atoms with Crippen LogP contribution < -0.4 is 4.90 Å². The molecule has 1 aromatic heterocycles. The smallest absolute Gasteiger partial charge is 0.237 e. The van der Waals surface area contributed by atoms with Crippen LogP contribution in [0.3, 0.4) is 0 Å². The van der Waals surface area contributed by atoms with Crippen LogP contribution >= 0.6 is 11.8 Å². The maximum atomic E-state index is 11.4. The second-order valence-electron chi connectivity index (χ2n) is 2.57. The van der Waals surface area contributed by atoms with Crippen LogP contribution in [0.4, 0.5) is 5.82 Å². The summed E-state index contributed by atoms with van der Waals surface area (Å²) in [7, 11) is 1.74. The topological polar surface area (TPSA) is 33.2 Å². The Morgan fingerprint density at radius 1 is 1.62 bits per heavy atom. The first-order valence-corrected chi connectivity index (χ1v) is 5.31. The third-order valence-electron chi connectivity index (χ3n) is 1.63. The third kappa shape index (κ3) is 2.73. The summed E-state index contributed by atoms with van der Waals surface area (Å²) in [5.74, 6) is 1.26. The van der Waals surface area contributed by atoms with Gasteiger partial charge in [0.25, 0.3) is 0 Å². The monoisotopic (exact) mass is 196 g/mol. The van der Waals surface area contributed by atoms with Crippen LogP contribution in [0.15, 0.2) is 24.4 Å². The fraction of sp³-hybridized carbons (Fsp3) is 0.333. The summed E-state index contributed by atoms with van der Waals surface area (Å²) in [5.41, 5.74) is 0. The predicted molar refractivity (Wildman–Crippen MR) is 56.0 cm³/mol. The fourth-order valence-electron chi connectivity index (χ4n) is 0.900. The van der Waals surface area contributed by atoms with Crippen LogP contribution in [0.1, 0.15) is 0 Å². The number of pyridine rings is 1. The molecule has 13 heavy (non-hydrogen) atoms. The summed E-state index contributed by atoms with van der Waals surface area (Å²) in [6, 6.07) is 5.51. The number of hydrogen-bond acceptors (Lipinski definition) is 3. The lowest BCUT2D eigenvalue weighted by Crippen LogP contribution is -2.28. The lowest BCUT2D eigenvalue weighted by atomic mass is 10.4. The molecule has 0 aliphatic rings. The van der Waals surface area contributed by atoms with Gasteiger partial charge in [-0.3, -0.25) is 9.69 Å². The molecule has 4 heteroatoms. The van der Waals surface area contributed by atoms with Gasteiger partial charge in [-0.25, -0.2) is 4.98 Å². The molecule has 1 aromatic rings. The molecule has 0 aromatic carbocycles. The van der Waals surface area contributed by atoms with E-state index in [1.807, 2.05) is 24.5 Å². The van der Waals surface area contributed by atoms with E-state index in [0.29, 0.717) is 11.6 Å². The molecule has 1 rings (SSSR count). The standard InChI is InChI=1S/C9H12N2OS/c1-11(9(12)7-13-2)8-5-3-4-6-10-8/h3-6H,7H2,1-2H3. The summed E-state index contributed by atoms with van der Waals surface area (Å²) in [6.45, 7) is 0. The molecule has 0 aliphatic carbocycles. The first-order chi connectivity index (χ1) is 6.25. The zero-order valence-corrected chi connectivity index (χ0v) is 8.54. The zero-order chi connectivity index (χ0) is 9.68. The number of rotatable bonds is 3. The Morgan fingerprint density at radius 2 is 2.38 bits per heavy atom. The molecule has 0 unspecified atom stereocenters. The maximum Gasteiger partial charge on any atom is 0.237 e. The van der Waals surface area contributed by atoms with E-state index in [-0.39, 0.29) is 5.91 Å². The number of carbonyl (C=O) groups is 1. The summed E-state index contributed by atoms with van der Waals surface area (Å²) in [4.78, 5) is 17.1. The highest BCUT2D eigenvalue weighted by atomic mass is 32.2. The Labute approximate surface area is 82.2 Å². The van der Waals surface area contributed by atoms with Crippen molar-refractivity contribution in [3.63, 3.8) is 0 Å². The molecule has 0 bridgehead atoms. The van der Waals surface area contributed by atoms with Gasteiger partial charge in [0, 0.05) is 13.2 Å². The van der Waals surface area contributed by atoms with Crippen molar-refractivity contribution in [2.45, 2.75) is 0 Å². The van der Waals surface area contributed by atoms with Crippen molar-refractivity contribution in [2.24, 2.45) is 0 Å². The number of amides is 1. The molecule has 0 saturated heterocycles. The number of nitrogens with zero attached hydrogens (tertiary/aromatic N) is 2. The molecule has 3 nitrogen and oxygen atoms in total. The Hall–Kier alpha value is -1.03.